The molecule has 0 aliphatic heterocycles. The summed E-state index contributed by atoms with van der Waals surface area (Å²) in [5, 5.41) is 3.90. The van der Waals surface area contributed by atoms with Gasteiger partial charge in [0.25, 0.3) is 0 Å². The molecule has 1 aromatic heterocycles. The molecule has 0 amide bonds. The van der Waals surface area contributed by atoms with Gasteiger partial charge in [-0.2, -0.15) is 0 Å². The molecule has 5 nitrogen and oxygen atoms in total. The van der Waals surface area contributed by atoms with E-state index in [1.54, 1.807) is 13.2 Å². The number of halogens is 1. The lowest BCUT2D eigenvalue weighted by atomic mass is 10.1. The molecule has 2 N–H and O–H groups in total. The van der Waals surface area contributed by atoms with E-state index >= 15 is 0 Å². The molecule has 0 bridgehead atoms. The molecule has 0 saturated heterocycles. The van der Waals surface area contributed by atoms with Gasteiger partial charge in [-0.1, -0.05) is 5.16 Å². The molecule has 96 valence electrons. The third-order valence-corrected chi connectivity index (χ3v) is 3.02. The number of rotatable bonds is 4. The molecule has 0 saturated carbocycles. The van der Waals surface area contributed by atoms with Gasteiger partial charge in [0.2, 0.25) is 5.88 Å². The van der Waals surface area contributed by atoms with Gasteiger partial charge >= 0.3 is 0 Å². The van der Waals surface area contributed by atoms with Crippen LogP contribution in [0, 0.1) is 0 Å². The molecule has 6 heteroatoms. The number of aromatic nitrogens is 1. The fourth-order valence-corrected chi connectivity index (χ4v) is 2.15. The maximum absolute atomic E-state index is 5.63. The van der Waals surface area contributed by atoms with E-state index in [9.17, 15) is 0 Å². The van der Waals surface area contributed by atoms with Gasteiger partial charge in [0.1, 0.15) is 5.69 Å². The molecule has 1 aromatic carbocycles. The maximum atomic E-state index is 5.63. The Morgan fingerprint density at radius 3 is 2.78 bits per heavy atom. The monoisotopic (exact) mass is 312 g/mol. The Balaban J connectivity index is 2.63. The van der Waals surface area contributed by atoms with Crippen LogP contribution in [0.3, 0.4) is 0 Å². The van der Waals surface area contributed by atoms with Gasteiger partial charge in [-0.3, -0.25) is 0 Å². The smallest absolute Gasteiger partial charge is 0.222 e. The van der Waals surface area contributed by atoms with Crippen LogP contribution >= 0.6 is 15.9 Å². The normalized spacial score (nSPS) is 10.4. The highest BCUT2D eigenvalue weighted by Crippen LogP contribution is 2.42. The first-order valence-electron chi connectivity index (χ1n) is 5.39. The van der Waals surface area contributed by atoms with Crippen molar-refractivity contribution < 1.29 is 14.0 Å². The summed E-state index contributed by atoms with van der Waals surface area (Å²) in [6.07, 6.45) is 0. The second-order valence-electron chi connectivity index (χ2n) is 3.50. The number of anilines is 1. The Hall–Kier alpha value is -1.69. The van der Waals surface area contributed by atoms with Crippen molar-refractivity contribution in [3.8, 4) is 22.8 Å². The Morgan fingerprint density at radius 2 is 2.22 bits per heavy atom. The second-order valence-corrected chi connectivity index (χ2v) is 4.36. The first kappa shape index (κ1) is 12.8. The van der Waals surface area contributed by atoms with E-state index < -0.39 is 0 Å². The first-order chi connectivity index (χ1) is 8.67. The van der Waals surface area contributed by atoms with Crippen LogP contribution in [0.25, 0.3) is 11.3 Å². The van der Waals surface area contributed by atoms with Crippen LogP contribution in [0.4, 0.5) is 5.88 Å². The number of ether oxygens (including phenoxy) is 2. The summed E-state index contributed by atoms with van der Waals surface area (Å²) in [6.45, 7) is 2.43. The number of nitrogens with two attached hydrogens (primary N) is 1. The molecule has 1 heterocycles. The van der Waals surface area contributed by atoms with Crippen LogP contribution in [-0.4, -0.2) is 18.9 Å². The number of nitrogens with zero attached hydrogens (tertiary/aromatic N) is 1. The highest BCUT2D eigenvalue weighted by molar-refractivity contribution is 9.10. The van der Waals surface area contributed by atoms with Crippen LogP contribution in [0.2, 0.25) is 0 Å². The van der Waals surface area contributed by atoms with Gasteiger partial charge in [0.15, 0.2) is 11.5 Å². The highest BCUT2D eigenvalue weighted by Gasteiger charge is 2.19. The lowest BCUT2D eigenvalue weighted by Gasteiger charge is -2.14. The topological polar surface area (TPSA) is 70.5 Å². The minimum absolute atomic E-state index is 0.252. The summed E-state index contributed by atoms with van der Waals surface area (Å²) < 4.78 is 16.6. The van der Waals surface area contributed by atoms with Crippen LogP contribution < -0.4 is 15.2 Å². The average molecular weight is 313 g/mol. The van der Waals surface area contributed by atoms with Gasteiger partial charge in [-0.15, -0.1) is 0 Å². The van der Waals surface area contributed by atoms with Gasteiger partial charge in [-0.05, 0) is 35.0 Å². The SMILES string of the molecule is CCOc1c(OC)ccc(Br)c1-c1cc(N)on1. The van der Waals surface area contributed by atoms with Crippen molar-refractivity contribution in [1.29, 1.82) is 0 Å². The standard InChI is InChI=1S/C12H13BrN2O3/c1-3-17-12-9(16-2)5-4-7(13)11(12)8-6-10(14)18-15-8/h4-6H,3,14H2,1-2H3. The van der Waals surface area contributed by atoms with Crippen molar-refractivity contribution >= 4 is 21.8 Å². The van der Waals surface area contributed by atoms with Crippen molar-refractivity contribution in [1.82, 2.24) is 5.16 Å². The number of methoxy groups -OCH3 is 1. The summed E-state index contributed by atoms with van der Waals surface area (Å²) in [7, 11) is 1.59. The number of hydrogen-bond acceptors (Lipinski definition) is 5. The molecule has 0 radical (unpaired) electrons. The molecular weight excluding hydrogens is 300 g/mol. The number of hydrogen-bond donors (Lipinski definition) is 1. The third kappa shape index (κ3) is 2.28. The predicted octanol–water partition coefficient (Wildman–Crippen LogP) is 3.09. The summed E-state index contributed by atoms with van der Waals surface area (Å²) >= 11 is 3.47. The molecule has 0 atom stereocenters. The molecule has 0 unspecified atom stereocenters. The molecule has 0 spiro atoms. The summed E-state index contributed by atoms with van der Waals surface area (Å²) in [5.41, 5.74) is 6.90. The maximum Gasteiger partial charge on any atom is 0.222 e. The Kier molecular flexibility index (Phi) is 3.76. The quantitative estimate of drug-likeness (QED) is 0.939. The number of nitrogen functional groups attached to an aromatic ring is 1. The predicted molar refractivity (Wildman–Crippen MR) is 71.8 cm³/mol. The minimum Gasteiger partial charge on any atom is -0.493 e. The van der Waals surface area contributed by atoms with Crippen LogP contribution in [0.1, 0.15) is 6.92 Å². The van der Waals surface area contributed by atoms with E-state index in [1.807, 2.05) is 19.1 Å². The molecule has 2 rings (SSSR count). The Bertz CT molecular complexity index is 554. The lowest BCUT2D eigenvalue weighted by Crippen LogP contribution is -1.98. The molecule has 0 aliphatic carbocycles. The van der Waals surface area contributed by atoms with Gasteiger partial charge in [0.05, 0.1) is 19.3 Å². The summed E-state index contributed by atoms with van der Waals surface area (Å²) in [5.74, 6) is 1.50. The fourth-order valence-electron chi connectivity index (χ4n) is 1.63. The molecule has 0 aliphatic rings. The van der Waals surface area contributed by atoms with E-state index in [4.69, 9.17) is 19.7 Å². The highest BCUT2D eigenvalue weighted by atomic mass is 79.9. The molecule has 2 aromatic rings. The molecule has 18 heavy (non-hydrogen) atoms. The zero-order valence-corrected chi connectivity index (χ0v) is 11.7. The van der Waals surface area contributed by atoms with Crippen molar-refractivity contribution in [2.45, 2.75) is 6.92 Å². The third-order valence-electron chi connectivity index (χ3n) is 2.36. The van der Waals surface area contributed by atoms with Crippen molar-refractivity contribution in [2.24, 2.45) is 0 Å². The number of benzene rings is 1. The van der Waals surface area contributed by atoms with Crippen molar-refractivity contribution in [3.63, 3.8) is 0 Å². The first-order valence-corrected chi connectivity index (χ1v) is 6.18. The van der Waals surface area contributed by atoms with E-state index in [2.05, 4.69) is 21.1 Å². The lowest BCUT2D eigenvalue weighted by molar-refractivity contribution is 0.311. The Labute approximate surface area is 113 Å². The Morgan fingerprint density at radius 1 is 1.44 bits per heavy atom. The zero-order chi connectivity index (χ0) is 13.1. The molecule has 0 fully saturated rings. The minimum atomic E-state index is 0.252. The fraction of sp³-hybridized carbons (Fsp3) is 0.250. The van der Waals surface area contributed by atoms with Gasteiger partial charge < -0.3 is 19.7 Å². The van der Waals surface area contributed by atoms with E-state index in [0.29, 0.717) is 23.8 Å². The van der Waals surface area contributed by atoms with Crippen molar-refractivity contribution in [2.75, 3.05) is 19.5 Å². The molecular formula is C12H13BrN2O3. The van der Waals surface area contributed by atoms with E-state index in [1.165, 1.54) is 0 Å². The zero-order valence-electron chi connectivity index (χ0n) is 10.1. The summed E-state index contributed by atoms with van der Waals surface area (Å²) in [4.78, 5) is 0. The van der Waals surface area contributed by atoms with Crippen LogP contribution in [0.5, 0.6) is 11.5 Å². The van der Waals surface area contributed by atoms with Crippen LogP contribution in [0.15, 0.2) is 27.2 Å². The second kappa shape index (κ2) is 5.30. The average Bonchev–Trinajstić information content (AvgIpc) is 2.76. The van der Waals surface area contributed by atoms with Crippen LogP contribution in [-0.2, 0) is 0 Å². The van der Waals surface area contributed by atoms with E-state index in [-0.39, 0.29) is 5.88 Å². The van der Waals surface area contributed by atoms with Gasteiger partial charge in [0, 0.05) is 10.5 Å². The van der Waals surface area contributed by atoms with E-state index in [0.717, 1.165) is 10.0 Å². The van der Waals surface area contributed by atoms with Gasteiger partial charge in [-0.25, -0.2) is 0 Å². The largest absolute Gasteiger partial charge is 0.493 e. The summed E-state index contributed by atoms with van der Waals surface area (Å²) in [6, 6.07) is 5.33. The van der Waals surface area contributed by atoms with Crippen molar-refractivity contribution in [3.05, 3.63) is 22.7 Å².